The van der Waals surface area contributed by atoms with Crippen LogP contribution in [0, 0.1) is 11.8 Å². The molecule has 0 saturated heterocycles. The van der Waals surface area contributed by atoms with E-state index in [9.17, 15) is 17.6 Å². The monoisotopic (exact) mass is 396 g/mol. The van der Waals surface area contributed by atoms with E-state index in [2.05, 4.69) is 13.8 Å². The first-order chi connectivity index (χ1) is 13.0. The molecule has 2 atom stereocenters. The molecule has 0 aromatic rings. The van der Waals surface area contributed by atoms with Crippen LogP contribution in [0.15, 0.2) is 0 Å². The van der Waals surface area contributed by atoms with E-state index in [0.29, 0.717) is 12.8 Å². The van der Waals surface area contributed by atoms with Gasteiger partial charge in [-0.25, -0.2) is 17.6 Å². The molecule has 27 heavy (non-hydrogen) atoms. The highest BCUT2D eigenvalue weighted by molar-refractivity contribution is 4.71. The van der Waals surface area contributed by atoms with Gasteiger partial charge in [0.15, 0.2) is 0 Å². The molecule has 0 amide bonds. The molecular formula is C23H44F4. The first-order valence-corrected chi connectivity index (χ1v) is 11.6. The van der Waals surface area contributed by atoms with Gasteiger partial charge >= 0.3 is 0 Å². The summed E-state index contributed by atoms with van der Waals surface area (Å²) in [6.07, 6.45) is 11.0. The summed E-state index contributed by atoms with van der Waals surface area (Å²) >= 11 is 0. The fraction of sp³-hybridized carbons (Fsp3) is 1.00. The van der Waals surface area contributed by atoms with Gasteiger partial charge in [0, 0.05) is 11.8 Å². The topological polar surface area (TPSA) is 0 Å². The Labute approximate surface area is 165 Å². The predicted octanol–water partition coefficient (Wildman–Crippen LogP) is 9.42. The van der Waals surface area contributed by atoms with Crippen LogP contribution in [0.2, 0.25) is 0 Å². The zero-order chi connectivity index (χ0) is 20.3. The molecule has 0 N–H and O–H groups in total. The minimum atomic E-state index is -2.47. The van der Waals surface area contributed by atoms with Gasteiger partial charge in [0.05, 0.1) is 0 Å². The number of halogens is 4. The van der Waals surface area contributed by atoms with Gasteiger partial charge in [-0.05, 0) is 19.3 Å². The SMILES string of the molecule is CCCCCCCCCC(CC(CCCCCCCCC)C(F)F)C(F)F. The van der Waals surface area contributed by atoms with Gasteiger partial charge < -0.3 is 0 Å². The molecular weight excluding hydrogens is 352 g/mol. The summed E-state index contributed by atoms with van der Waals surface area (Å²) in [4.78, 5) is 0. The molecule has 0 spiro atoms. The summed E-state index contributed by atoms with van der Waals surface area (Å²) < 4.78 is 53.3. The van der Waals surface area contributed by atoms with Gasteiger partial charge in [0.25, 0.3) is 0 Å². The number of hydrogen-bond donors (Lipinski definition) is 0. The van der Waals surface area contributed by atoms with Crippen molar-refractivity contribution in [1.29, 1.82) is 0 Å². The fourth-order valence-electron chi connectivity index (χ4n) is 3.81. The van der Waals surface area contributed by atoms with E-state index in [1.54, 1.807) is 0 Å². The second kappa shape index (κ2) is 19.1. The van der Waals surface area contributed by atoms with E-state index < -0.39 is 24.7 Å². The standard InChI is InChI=1S/C23H44F4/c1-3-5-7-9-11-13-15-17-20(22(24)25)19-21(23(26)27)18-16-14-12-10-8-6-4-2/h20-23H,3-19H2,1-2H3. The Morgan fingerprint density at radius 2 is 0.741 bits per heavy atom. The van der Waals surface area contributed by atoms with Gasteiger partial charge in [-0.2, -0.15) is 0 Å². The summed E-state index contributed by atoms with van der Waals surface area (Å²) in [5.41, 5.74) is 0. The Hall–Kier alpha value is -0.280. The van der Waals surface area contributed by atoms with Crippen LogP contribution in [0.3, 0.4) is 0 Å². The number of hydrogen-bond acceptors (Lipinski definition) is 0. The molecule has 0 radical (unpaired) electrons. The van der Waals surface area contributed by atoms with Crippen LogP contribution < -0.4 is 0 Å². The van der Waals surface area contributed by atoms with E-state index >= 15 is 0 Å². The van der Waals surface area contributed by atoms with E-state index in [-0.39, 0.29) is 6.42 Å². The highest BCUT2D eigenvalue weighted by atomic mass is 19.3. The van der Waals surface area contributed by atoms with Crippen molar-refractivity contribution in [1.82, 2.24) is 0 Å². The van der Waals surface area contributed by atoms with Crippen molar-refractivity contribution >= 4 is 0 Å². The van der Waals surface area contributed by atoms with E-state index in [4.69, 9.17) is 0 Å². The average molecular weight is 397 g/mol. The van der Waals surface area contributed by atoms with Crippen LogP contribution in [-0.4, -0.2) is 12.9 Å². The maximum absolute atomic E-state index is 13.3. The van der Waals surface area contributed by atoms with Crippen molar-refractivity contribution in [2.75, 3.05) is 0 Å². The fourth-order valence-corrected chi connectivity index (χ4v) is 3.81. The first-order valence-electron chi connectivity index (χ1n) is 11.6. The largest absolute Gasteiger partial charge is 0.241 e. The Kier molecular flexibility index (Phi) is 18.9. The zero-order valence-electron chi connectivity index (χ0n) is 17.8. The average Bonchev–Trinajstić information content (AvgIpc) is 2.63. The van der Waals surface area contributed by atoms with E-state index in [0.717, 1.165) is 51.4 Å². The smallest absolute Gasteiger partial charge is 0.210 e. The van der Waals surface area contributed by atoms with Crippen LogP contribution in [-0.2, 0) is 0 Å². The molecule has 4 heteroatoms. The molecule has 0 aromatic carbocycles. The number of rotatable bonds is 20. The third-order valence-electron chi connectivity index (χ3n) is 5.68. The summed E-state index contributed by atoms with van der Waals surface area (Å²) in [5, 5.41) is 0. The summed E-state index contributed by atoms with van der Waals surface area (Å²) in [6, 6.07) is 0. The van der Waals surface area contributed by atoms with Crippen molar-refractivity contribution in [2.24, 2.45) is 11.8 Å². The van der Waals surface area contributed by atoms with Crippen LogP contribution in [0.4, 0.5) is 17.6 Å². The maximum atomic E-state index is 13.3. The van der Waals surface area contributed by atoms with Crippen molar-refractivity contribution in [3.05, 3.63) is 0 Å². The molecule has 0 aliphatic carbocycles. The molecule has 0 heterocycles. The molecule has 0 aliphatic heterocycles. The first kappa shape index (κ1) is 26.7. The maximum Gasteiger partial charge on any atom is 0.241 e. The molecule has 0 aromatic heterocycles. The summed E-state index contributed by atoms with van der Waals surface area (Å²) in [5.74, 6) is -1.71. The van der Waals surface area contributed by atoms with Gasteiger partial charge in [-0.15, -0.1) is 0 Å². The summed E-state index contributed by atoms with van der Waals surface area (Å²) in [6.45, 7) is 4.33. The van der Waals surface area contributed by atoms with Crippen LogP contribution in [0.25, 0.3) is 0 Å². The molecule has 164 valence electrons. The Bertz CT molecular complexity index is 266. The van der Waals surface area contributed by atoms with Gasteiger partial charge in [0.1, 0.15) is 0 Å². The van der Waals surface area contributed by atoms with Crippen LogP contribution >= 0.6 is 0 Å². The molecule has 0 rings (SSSR count). The number of unbranched alkanes of at least 4 members (excludes halogenated alkanes) is 12. The molecule has 0 fully saturated rings. The Morgan fingerprint density at radius 3 is 1.04 bits per heavy atom. The van der Waals surface area contributed by atoms with Crippen molar-refractivity contribution in [3.63, 3.8) is 0 Å². The second-order valence-corrected chi connectivity index (χ2v) is 8.24. The zero-order valence-corrected chi connectivity index (χ0v) is 17.8. The van der Waals surface area contributed by atoms with Gasteiger partial charge in [-0.3, -0.25) is 0 Å². The normalized spacial score (nSPS) is 14.2. The predicted molar refractivity (Wildman–Crippen MR) is 109 cm³/mol. The van der Waals surface area contributed by atoms with E-state index in [1.807, 2.05) is 0 Å². The van der Waals surface area contributed by atoms with Crippen LogP contribution in [0.1, 0.15) is 123 Å². The highest BCUT2D eigenvalue weighted by Gasteiger charge is 2.28. The molecule has 0 nitrogen and oxygen atoms in total. The minimum absolute atomic E-state index is 0.0129. The van der Waals surface area contributed by atoms with Crippen LogP contribution in [0.5, 0.6) is 0 Å². The lowest BCUT2D eigenvalue weighted by Gasteiger charge is -2.23. The van der Waals surface area contributed by atoms with Crippen molar-refractivity contribution in [2.45, 2.75) is 136 Å². The lowest BCUT2D eigenvalue weighted by molar-refractivity contribution is 0.0129. The molecule has 0 saturated carbocycles. The lowest BCUT2D eigenvalue weighted by Crippen LogP contribution is -2.21. The number of alkyl halides is 4. The summed E-state index contributed by atoms with van der Waals surface area (Å²) in [7, 11) is 0. The van der Waals surface area contributed by atoms with Crippen molar-refractivity contribution in [3.8, 4) is 0 Å². The van der Waals surface area contributed by atoms with Gasteiger partial charge in [-0.1, -0.05) is 104 Å². The second-order valence-electron chi connectivity index (χ2n) is 8.24. The Morgan fingerprint density at radius 1 is 0.444 bits per heavy atom. The minimum Gasteiger partial charge on any atom is -0.210 e. The van der Waals surface area contributed by atoms with E-state index in [1.165, 1.54) is 38.5 Å². The molecule has 0 bridgehead atoms. The van der Waals surface area contributed by atoms with Crippen molar-refractivity contribution < 1.29 is 17.6 Å². The molecule has 0 aliphatic rings. The molecule has 2 unspecified atom stereocenters. The van der Waals surface area contributed by atoms with Gasteiger partial charge in [0.2, 0.25) is 12.9 Å². The highest BCUT2D eigenvalue weighted by Crippen LogP contribution is 2.31. The third kappa shape index (κ3) is 16.4. The Balaban J connectivity index is 4.04. The third-order valence-corrected chi connectivity index (χ3v) is 5.68. The quantitative estimate of drug-likeness (QED) is 0.142. The lowest BCUT2D eigenvalue weighted by atomic mass is 9.87.